The summed E-state index contributed by atoms with van der Waals surface area (Å²) in [5, 5.41) is 6.33. The number of amides is 1. The van der Waals surface area contributed by atoms with Gasteiger partial charge in [0.05, 0.1) is 17.8 Å². The predicted octanol–water partition coefficient (Wildman–Crippen LogP) is 4.32. The molecule has 24 heavy (non-hydrogen) atoms. The van der Waals surface area contributed by atoms with E-state index in [1.807, 2.05) is 48.5 Å². The van der Waals surface area contributed by atoms with Crippen molar-refractivity contribution in [3.8, 4) is 0 Å². The second-order valence-electron chi connectivity index (χ2n) is 5.67. The third-order valence-electron chi connectivity index (χ3n) is 4.14. The summed E-state index contributed by atoms with van der Waals surface area (Å²) in [7, 11) is 0. The summed E-state index contributed by atoms with van der Waals surface area (Å²) < 4.78 is 0. The van der Waals surface area contributed by atoms with Gasteiger partial charge in [-0.25, -0.2) is 0 Å². The van der Waals surface area contributed by atoms with E-state index in [0.717, 1.165) is 27.4 Å². The molecule has 0 radical (unpaired) electrons. The lowest BCUT2D eigenvalue weighted by atomic mass is 10.0. The van der Waals surface area contributed by atoms with Crippen LogP contribution in [0.5, 0.6) is 0 Å². The first-order valence-corrected chi connectivity index (χ1v) is 7.92. The molecule has 0 saturated heterocycles. The first-order chi connectivity index (χ1) is 11.8. The van der Waals surface area contributed by atoms with E-state index in [-0.39, 0.29) is 5.91 Å². The molecule has 3 nitrogen and oxygen atoms in total. The molecule has 3 heteroatoms. The van der Waals surface area contributed by atoms with E-state index in [0.29, 0.717) is 12.1 Å². The standard InChI is InChI=1S/C21H16N2O/c24-21(15-8-2-1-3-9-15)22-14-20-18-12-5-4-10-16(18)17-11-6-7-13-19(17)23-20/h1-13H,14H2,(H,22,24). The number of nitrogens with zero attached hydrogens (tertiary/aromatic N) is 1. The Kier molecular flexibility index (Phi) is 3.67. The first-order valence-electron chi connectivity index (χ1n) is 7.92. The van der Waals surface area contributed by atoms with Crippen molar-refractivity contribution in [1.82, 2.24) is 10.3 Å². The lowest BCUT2D eigenvalue weighted by Gasteiger charge is -2.10. The van der Waals surface area contributed by atoms with Crippen LogP contribution in [0.4, 0.5) is 0 Å². The lowest BCUT2D eigenvalue weighted by molar-refractivity contribution is 0.0950. The molecule has 1 amide bonds. The molecule has 0 bridgehead atoms. The number of benzene rings is 3. The van der Waals surface area contributed by atoms with E-state index in [2.05, 4.69) is 23.5 Å². The van der Waals surface area contributed by atoms with Crippen molar-refractivity contribution in [3.63, 3.8) is 0 Å². The van der Waals surface area contributed by atoms with E-state index in [4.69, 9.17) is 4.98 Å². The number of carbonyl (C=O) groups excluding carboxylic acids is 1. The van der Waals surface area contributed by atoms with Crippen LogP contribution >= 0.6 is 0 Å². The zero-order valence-electron chi connectivity index (χ0n) is 13.1. The third kappa shape index (κ3) is 2.61. The van der Waals surface area contributed by atoms with Crippen LogP contribution in [-0.4, -0.2) is 10.9 Å². The zero-order chi connectivity index (χ0) is 16.4. The Hall–Kier alpha value is -3.20. The fourth-order valence-corrected chi connectivity index (χ4v) is 2.96. The van der Waals surface area contributed by atoms with E-state index >= 15 is 0 Å². The number of carbonyl (C=O) groups is 1. The van der Waals surface area contributed by atoms with Crippen LogP contribution in [0.25, 0.3) is 21.7 Å². The summed E-state index contributed by atoms with van der Waals surface area (Å²) in [5.74, 6) is -0.0883. The van der Waals surface area contributed by atoms with Crippen LogP contribution in [0, 0.1) is 0 Å². The molecule has 0 unspecified atom stereocenters. The maximum Gasteiger partial charge on any atom is 0.251 e. The molecular weight excluding hydrogens is 296 g/mol. The maximum atomic E-state index is 12.3. The number of pyridine rings is 1. The summed E-state index contributed by atoms with van der Waals surface area (Å²) in [6, 6.07) is 25.5. The SMILES string of the molecule is O=C(NCc1nc2ccccc2c2ccccc12)c1ccccc1. The van der Waals surface area contributed by atoms with Gasteiger partial charge in [-0.1, -0.05) is 60.7 Å². The highest BCUT2D eigenvalue weighted by Gasteiger charge is 2.10. The zero-order valence-corrected chi connectivity index (χ0v) is 13.1. The molecule has 3 aromatic carbocycles. The Morgan fingerprint density at radius 1 is 0.750 bits per heavy atom. The van der Waals surface area contributed by atoms with Crippen molar-refractivity contribution < 1.29 is 4.79 Å². The minimum atomic E-state index is -0.0883. The molecule has 0 spiro atoms. The van der Waals surface area contributed by atoms with Crippen molar-refractivity contribution in [3.05, 3.63) is 90.1 Å². The van der Waals surface area contributed by atoms with Crippen LogP contribution in [0.3, 0.4) is 0 Å². The maximum absolute atomic E-state index is 12.3. The van der Waals surface area contributed by atoms with Crippen LogP contribution in [0.15, 0.2) is 78.9 Å². The highest BCUT2D eigenvalue weighted by atomic mass is 16.1. The molecule has 0 aliphatic heterocycles. The van der Waals surface area contributed by atoms with Crippen molar-refractivity contribution in [2.45, 2.75) is 6.54 Å². The molecule has 1 heterocycles. The smallest absolute Gasteiger partial charge is 0.251 e. The molecule has 116 valence electrons. The van der Waals surface area contributed by atoms with Crippen LogP contribution in [0.2, 0.25) is 0 Å². The van der Waals surface area contributed by atoms with Crippen LogP contribution < -0.4 is 5.32 Å². The number of aromatic nitrogens is 1. The minimum absolute atomic E-state index is 0.0883. The Bertz CT molecular complexity index is 1030. The third-order valence-corrected chi connectivity index (χ3v) is 4.14. The number of rotatable bonds is 3. The van der Waals surface area contributed by atoms with Gasteiger partial charge in [0.15, 0.2) is 0 Å². The van der Waals surface area contributed by atoms with Gasteiger partial charge in [-0.3, -0.25) is 9.78 Å². The molecule has 0 atom stereocenters. The molecule has 1 N–H and O–H groups in total. The minimum Gasteiger partial charge on any atom is -0.346 e. The van der Waals surface area contributed by atoms with Crippen LogP contribution in [-0.2, 0) is 6.54 Å². The van der Waals surface area contributed by atoms with E-state index < -0.39 is 0 Å². The summed E-state index contributed by atoms with van der Waals surface area (Å²) in [6.07, 6.45) is 0. The van der Waals surface area contributed by atoms with Gasteiger partial charge in [0, 0.05) is 16.3 Å². The average Bonchev–Trinajstić information content (AvgIpc) is 2.66. The highest BCUT2D eigenvalue weighted by Crippen LogP contribution is 2.26. The van der Waals surface area contributed by atoms with Gasteiger partial charge in [0.2, 0.25) is 0 Å². The molecule has 0 aliphatic carbocycles. The van der Waals surface area contributed by atoms with Crippen molar-refractivity contribution in [1.29, 1.82) is 0 Å². The second kappa shape index (κ2) is 6.13. The van der Waals surface area contributed by atoms with Gasteiger partial charge in [0.1, 0.15) is 0 Å². The molecular formula is C21H16N2O. The molecule has 1 aromatic heterocycles. The Morgan fingerprint density at radius 2 is 1.38 bits per heavy atom. The van der Waals surface area contributed by atoms with Gasteiger partial charge in [-0.15, -0.1) is 0 Å². The number of nitrogens with one attached hydrogen (secondary N) is 1. The topological polar surface area (TPSA) is 42.0 Å². The fraction of sp³-hybridized carbons (Fsp3) is 0.0476. The highest BCUT2D eigenvalue weighted by molar-refractivity contribution is 6.06. The van der Waals surface area contributed by atoms with E-state index in [1.54, 1.807) is 12.1 Å². The Morgan fingerprint density at radius 3 is 2.17 bits per heavy atom. The predicted molar refractivity (Wildman–Crippen MR) is 96.9 cm³/mol. The second-order valence-corrected chi connectivity index (χ2v) is 5.67. The van der Waals surface area contributed by atoms with Gasteiger partial charge < -0.3 is 5.32 Å². The molecule has 4 rings (SSSR count). The van der Waals surface area contributed by atoms with Crippen molar-refractivity contribution in [2.75, 3.05) is 0 Å². The summed E-state index contributed by atoms with van der Waals surface area (Å²) in [6.45, 7) is 0.402. The monoisotopic (exact) mass is 312 g/mol. The van der Waals surface area contributed by atoms with Crippen molar-refractivity contribution in [2.24, 2.45) is 0 Å². The fourth-order valence-electron chi connectivity index (χ4n) is 2.96. The van der Waals surface area contributed by atoms with Gasteiger partial charge in [-0.05, 0) is 23.6 Å². The molecule has 0 aliphatic rings. The number of hydrogen-bond acceptors (Lipinski definition) is 2. The largest absolute Gasteiger partial charge is 0.346 e. The molecule has 0 fully saturated rings. The first kappa shape index (κ1) is 14.4. The average molecular weight is 312 g/mol. The number of fused-ring (bicyclic) bond motifs is 3. The summed E-state index contributed by atoms with van der Waals surface area (Å²) >= 11 is 0. The molecule has 0 saturated carbocycles. The Balaban J connectivity index is 1.72. The van der Waals surface area contributed by atoms with Gasteiger partial charge in [0.25, 0.3) is 5.91 Å². The molecule has 4 aromatic rings. The van der Waals surface area contributed by atoms with Crippen molar-refractivity contribution >= 4 is 27.6 Å². The number of para-hydroxylation sites is 1. The van der Waals surface area contributed by atoms with E-state index in [9.17, 15) is 4.79 Å². The number of hydrogen-bond donors (Lipinski definition) is 1. The summed E-state index contributed by atoms with van der Waals surface area (Å²) in [5.41, 5.74) is 2.48. The lowest BCUT2D eigenvalue weighted by Crippen LogP contribution is -2.23. The van der Waals surface area contributed by atoms with E-state index in [1.165, 1.54) is 0 Å². The van der Waals surface area contributed by atoms with Crippen LogP contribution in [0.1, 0.15) is 16.1 Å². The normalized spacial score (nSPS) is 10.8. The van der Waals surface area contributed by atoms with Gasteiger partial charge >= 0.3 is 0 Å². The Labute approximate surface area is 140 Å². The quantitative estimate of drug-likeness (QED) is 0.572. The van der Waals surface area contributed by atoms with Gasteiger partial charge in [-0.2, -0.15) is 0 Å². The summed E-state index contributed by atoms with van der Waals surface area (Å²) in [4.78, 5) is 17.0.